The SMILES string of the molecule is C=C/C=C(\C=C)SNC(=O)c1ccc(-n2ccc(OCCCS(C)(C)C)n2)nc1N1CC(C)CC1(C)C. The molecule has 0 saturated carbocycles. The molecule has 2 aromatic heterocycles. The van der Waals surface area contributed by atoms with Crippen LogP contribution < -0.4 is 14.4 Å². The van der Waals surface area contributed by atoms with Crippen molar-refractivity contribution in [3.63, 3.8) is 0 Å². The third kappa shape index (κ3) is 7.92. The molecule has 1 N–H and O–H groups in total. The maximum absolute atomic E-state index is 13.3. The van der Waals surface area contributed by atoms with Gasteiger partial charge in [-0.25, -0.2) is 19.7 Å². The molecule has 1 unspecified atom stereocenters. The number of rotatable bonds is 12. The van der Waals surface area contributed by atoms with Gasteiger partial charge in [-0.3, -0.25) is 9.52 Å². The van der Waals surface area contributed by atoms with Gasteiger partial charge in [-0.2, -0.15) is 0 Å². The van der Waals surface area contributed by atoms with E-state index in [1.54, 1.807) is 22.9 Å². The number of carbonyl (C=O) groups excluding carboxylic acids is 1. The average Bonchev–Trinajstić information content (AvgIpc) is 3.41. The van der Waals surface area contributed by atoms with E-state index in [0.717, 1.165) is 24.3 Å². The van der Waals surface area contributed by atoms with Gasteiger partial charge in [-0.15, -0.1) is 5.10 Å². The number of nitrogens with zero attached hydrogens (tertiary/aromatic N) is 4. The van der Waals surface area contributed by atoms with Crippen LogP contribution in [0.4, 0.5) is 5.82 Å². The number of ether oxygens (including phenoxy) is 1. The number of anilines is 1. The Balaban J connectivity index is 1.86. The predicted molar refractivity (Wildman–Crippen MR) is 160 cm³/mol. The highest BCUT2D eigenvalue weighted by Gasteiger charge is 2.39. The lowest BCUT2D eigenvalue weighted by atomic mass is 9.97. The van der Waals surface area contributed by atoms with Crippen LogP contribution in [0.15, 0.2) is 60.7 Å². The largest absolute Gasteiger partial charge is 0.477 e. The zero-order valence-electron chi connectivity index (χ0n) is 23.0. The number of carbonyl (C=O) groups is 1. The zero-order chi connectivity index (χ0) is 27.2. The Morgan fingerprint density at radius 1 is 1.30 bits per heavy atom. The van der Waals surface area contributed by atoms with Crippen LogP contribution in [0.5, 0.6) is 5.88 Å². The van der Waals surface area contributed by atoms with E-state index < -0.39 is 10.0 Å². The number of hydrogen-bond donors (Lipinski definition) is 1. The second kappa shape index (κ2) is 12.3. The third-order valence-corrected chi connectivity index (χ3v) is 8.47. The summed E-state index contributed by atoms with van der Waals surface area (Å²) in [4.78, 5) is 21.3. The van der Waals surface area contributed by atoms with Crippen molar-refractivity contribution in [1.82, 2.24) is 19.5 Å². The summed E-state index contributed by atoms with van der Waals surface area (Å²) in [5.41, 5.74) is 0.393. The molecule has 1 atom stereocenters. The predicted octanol–water partition coefficient (Wildman–Crippen LogP) is 5.99. The molecule has 7 nitrogen and oxygen atoms in total. The number of pyridine rings is 1. The molecule has 1 amide bonds. The summed E-state index contributed by atoms with van der Waals surface area (Å²) >= 11 is 1.21. The molecule has 2 aromatic rings. The summed E-state index contributed by atoms with van der Waals surface area (Å²) in [7, 11) is -0.534. The van der Waals surface area contributed by atoms with Crippen LogP contribution in [0.25, 0.3) is 5.82 Å². The van der Waals surface area contributed by atoms with Crippen molar-refractivity contribution in [2.75, 3.05) is 42.6 Å². The minimum absolute atomic E-state index is 0.129. The number of amides is 1. The molecule has 1 saturated heterocycles. The van der Waals surface area contributed by atoms with Crippen molar-refractivity contribution < 1.29 is 9.53 Å². The van der Waals surface area contributed by atoms with Crippen molar-refractivity contribution in [2.45, 2.75) is 39.2 Å². The third-order valence-electron chi connectivity index (χ3n) is 6.13. The molecule has 0 spiro atoms. The van der Waals surface area contributed by atoms with Gasteiger partial charge in [0.05, 0.1) is 12.2 Å². The molecule has 3 heterocycles. The number of hydrogen-bond acceptors (Lipinski definition) is 6. The van der Waals surface area contributed by atoms with Crippen LogP contribution >= 0.6 is 22.0 Å². The van der Waals surface area contributed by atoms with Crippen LogP contribution in [-0.2, 0) is 0 Å². The average molecular weight is 544 g/mol. The Bertz CT molecular complexity index is 1150. The smallest absolute Gasteiger partial charge is 0.265 e. The molecule has 1 aliphatic rings. The molecule has 9 heteroatoms. The Kier molecular flexibility index (Phi) is 9.58. The summed E-state index contributed by atoms with van der Waals surface area (Å²) in [6.45, 7) is 15.6. The van der Waals surface area contributed by atoms with Gasteiger partial charge in [0.2, 0.25) is 5.88 Å². The van der Waals surface area contributed by atoms with Crippen LogP contribution in [-0.4, -0.2) is 63.9 Å². The van der Waals surface area contributed by atoms with Crippen LogP contribution in [0.2, 0.25) is 0 Å². The maximum atomic E-state index is 13.3. The second-order valence-electron chi connectivity index (χ2n) is 10.9. The molecule has 1 aliphatic heterocycles. The summed E-state index contributed by atoms with van der Waals surface area (Å²) in [6.07, 6.45) is 16.0. The van der Waals surface area contributed by atoms with Crippen molar-refractivity contribution in [1.29, 1.82) is 0 Å². The molecule has 37 heavy (non-hydrogen) atoms. The van der Waals surface area contributed by atoms with Gasteiger partial charge in [-0.1, -0.05) is 32.2 Å². The van der Waals surface area contributed by atoms with Crippen molar-refractivity contribution in [3.05, 3.63) is 66.3 Å². The first-order valence-corrected chi connectivity index (χ1v) is 16.3. The standard InChI is InChI=1S/C28H41N5O2S2/c1-9-12-22(10-2)36-31-27(34)23-13-14-24(29-26(23)32-20-21(3)19-28(32,4)5)33-16-15-25(30-33)35-17-11-18-37(6,7)8/h9-10,12-16,21H,1-2,11,17-20H2,3-8H3,(H,31,34)/b22-12+. The molecule has 3 rings (SSSR count). The molecule has 0 aromatic carbocycles. The Hall–Kier alpha value is -2.65. The second-order valence-corrected chi connectivity index (χ2v) is 16.4. The van der Waals surface area contributed by atoms with E-state index in [0.29, 0.717) is 35.6 Å². The normalized spacial score (nSPS) is 17.9. The van der Waals surface area contributed by atoms with Crippen molar-refractivity contribution >= 4 is 33.7 Å². The first-order chi connectivity index (χ1) is 17.4. The highest BCUT2D eigenvalue weighted by molar-refractivity contribution is 8.32. The van der Waals surface area contributed by atoms with E-state index >= 15 is 0 Å². The minimum Gasteiger partial charge on any atom is -0.477 e. The van der Waals surface area contributed by atoms with Crippen LogP contribution in [0, 0.1) is 5.92 Å². The lowest BCUT2D eigenvalue weighted by Gasteiger charge is -2.34. The van der Waals surface area contributed by atoms with Gasteiger partial charge >= 0.3 is 0 Å². The topological polar surface area (TPSA) is 72.3 Å². The van der Waals surface area contributed by atoms with Gasteiger partial charge in [-0.05, 0) is 87.3 Å². The highest BCUT2D eigenvalue weighted by Crippen LogP contribution is 2.38. The summed E-state index contributed by atoms with van der Waals surface area (Å²) in [5.74, 6) is 3.32. The van der Waals surface area contributed by atoms with Gasteiger partial charge < -0.3 is 9.64 Å². The van der Waals surface area contributed by atoms with Gasteiger partial charge in [0.15, 0.2) is 5.82 Å². The van der Waals surface area contributed by atoms with E-state index in [9.17, 15) is 4.79 Å². The fraction of sp³-hybridized carbons (Fsp3) is 0.464. The molecule has 0 radical (unpaired) electrons. The lowest BCUT2D eigenvalue weighted by Crippen LogP contribution is -2.40. The molecule has 202 valence electrons. The van der Waals surface area contributed by atoms with Crippen molar-refractivity contribution in [2.24, 2.45) is 5.92 Å². The lowest BCUT2D eigenvalue weighted by molar-refractivity contribution is 0.0984. The Morgan fingerprint density at radius 2 is 2.05 bits per heavy atom. The molecule has 1 fully saturated rings. The van der Waals surface area contributed by atoms with Crippen molar-refractivity contribution in [3.8, 4) is 11.7 Å². The Morgan fingerprint density at radius 3 is 2.68 bits per heavy atom. The summed E-state index contributed by atoms with van der Waals surface area (Å²) < 4.78 is 10.5. The van der Waals surface area contributed by atoms with E-state index in [4.69, 9.17) is 9.72 Å². The fourth-order valence-corrected chi connectivity index (χ4v) is 6.06. The molecular formula is C28H41N5O2S2. The number of allylic oxidation sites excluding steroid dienone is 3. The monoisotopic (exact) mass is 543 g/mol. The Labute approximate surface area is 227 Å². The number of nitrogens with one attached hydrogen (secondary N) is 1. The van der Waals surface area contributed by atoms with E-state index in [1.165, 1.54) is 17.7 Å². The maximum Gasteiger partial charge on any atom is 0.265 e. The molecular weight excluding hydrogens is 502 g/mol. The zero-order valence-corrected chi connectivity index (χ0v) is 24.6. The highest BCUT2D eigenvalue weighted by atomic mass is 32.3. The fourth-order valence-electron chi connectivity index (χ4n) is 4.51. The van der Waals surface area contributed by atoms with Crippen LogP contribution in [0.1, 0.15) is 44.0 Å². The van der Waals surface area contributed by atoms with Crippen LogP contribution in [0.3, 0.4) is 0 Å². The van der Waals surface area contributed by atoms with Gasteiger partial charge in [0.25, 0.3) is 5.91 Å². The van der Waals surface area contributed by atoms with Gasteiger partial charge in [0, 0.05) is 29.3 Å². The first kappa shape index (κ1) is 28.9. The number of aromatic nitrogens is 3. The molecule has 0 aliphatic carbocycles. The first-order valence-electron chi connectivity index (χ1n) is 12.5. The molecule has 0 bridgehead atoms. The summed E-state index contributed by atoms with van der Waals surface area (Å²) in [5, 5.41) is 4.59. The van der Waals surface area contributed by atoms with E-state index in [1.807, 2.05) is 24.4 Å². The van der Waals surface area contributed by atoms with E-state index in [-0.39, 0.29) is 11.4 Å². The van der Waals surface area contributed by atoms with Gasteiger partial charge in [0.1, 0.15) is 5.82 Å². The quantitative estimate of drug-likeness (QED) is 0.201. The minimum atomic E-state index is -0.534. The van der Waals surface area contributed by atoms with E-state index in [2.05, 4.69) is 67.4 Å². The summed E-state index contributed by atoms with van der Waals surface area (Å²) in [6, 6.07) is 5.50.